The van der Waals surface area contributed by atoms with Crippen LogP contribution in [-0.4, -0.2) is 42.8 Å². The number of urea groups is 1. The molecule has 1 N–H and O–H groups in total. The van der Waals surface area contributed by atoms with Crippen molar-refractivity contribution in [2.45, 2.75) is 56.8 Å². The first kappa shape index (κ1) is 16.6. The van der Waals surface area contributed by atoms with Gasteiger partial charge in [-0.2, -0.15) is 0 Å². The molecule has 0 aromatic heterocycles. The molecule has 2 heterocycles. The first-order chi connectivity index (χ1) is 12.2. The monoisotopic (exact) mass is 348 g/mol. The van der Waals surface area contributed by atoms with Gasteiger partial charge >= 0.3 is 6.03 Å². The van der Waals surface area contributed by atoms with Gasteiger partial charge in [-0.1, -0.05) is 12.1 Å². The number of hydrogen-bond acceptors (Lipinski definition) is 3. The van der Waals surface area contributed by atoms with Crippen LogP contribution in [0.15, 0.2) is 18.2 Å². The summed E-state index contributed by atoms with van der Waals surface area (Å²) in [5.74, 6) is -0.0999. The molecule has 2 aliphatic heterocycles. The second-order valence-corrected chi connectivity index (χ2v) is 7.17. The molecule has 1 saturated heterocycles. The van der Waals surface area contributed by atoms with E-state index in [0.29, 0.717) is 32.2 Å². The maximum atomic E-state index is 13.9. The van der Waals surface area contributed by atoms with Crippen molar-refractivity contribution in [2.75, 3.05) is 19.7 Å². The normalized spacial score (nSPS) is 24.2. The molecule has 4 rings (SSSR count). The van der Waals surface area contributed by atoms with Crippen molar-refractivity contribution in [1.82, 2.24) is 10.2 Å². The minimum absolute atomic E-state index is 0.0794. The molecule has 1 aromatic carbocycles. The van der Waals surface area contributed by atoms with Gasteiger partial charge < -0.3 is 19.7 Å². The van der Waals surface area contributed by atoms with Crippen LogP contribution in [0.1, 0.15) is 50.1 Å². The van der Waals surface area contributed by atoms with Crippen molar-refractivity contribution in [2.24, 2.45) is 0 Å². The number of carbonyl (C=O) groups is 1. The molecule has 0 spiro atoms. The molecule has 3 aliphatic rings. The van der Waals surface area contributed by atoms with Crippen LogP contribution >= 0.6 is 0 Å². The average Bonchev–Trinajstić information content (AvgIpc) is 2.59. The van der Waals surface area contributed by atoms with Crippen LogP contribution in [0.25, 0.3) is 0 Å². The van der Waals surface area contributed by atoms with E-state index in [1.807, 2.05) is 11.0 Å². The Labute approximate surface area is 147 Å². The molecule has 25 heavy (non-hydrogen) atoms. The van der Waals surface area contributed by atoms with Crippen molar-refractivity contribution in [3.63, 3.8) is 0 Å². The van der Waals surface area contributed by atoms with Gasteiger partial charge in [0.2, 0.25) is 0 Å². The van der Waals surface area contributed by atoms with E-state index in [2.05, 4.69) is 5.32 Å². The maximum Gasteiger partial charge on any atom is 0.317 e. The first-order valence-corrected chi connectivity index (χ1v) is 9.33. The Morgan fingerprint density at radius 1 is 1.16 bits per heavy atom. The number of nitrogens with zero attached hydrogens (tertiary/aromatic N) is 1. The predicted octanol–water partition coefficient (Wildman–Crippen LogP) is 3.39. The predicted molar refractivity (Wildman–Crippen MR) is 91.1 cm³/mol. The van der Waals surface area contributed by atoms with Crippen LogP contribution in [0.5, 0.6) is 5.75 Å². The number of likely N-dealkylation sites (tertiary alicyclic amines) is 1. The smallest absolute Gasteiger partial charge is 0.317 e. The standard InChI is InChI=1S/C19H25FN2O3/c20-16-6-2-5-15-17(9-12-24-18(15)16)21-19(23)22-10-7-14(8-11-22)25-13-3-1-4-13/h2,5-6,13-14,17H,1,3-4,7-12H2,(H,21,23)/t17-/m0/s1. The number of rotatable bonds is 3. The van der Waals surface area contributed by atoms with Crippen molar-refractivity contribution in [3.05, 3.63) is 29.6 Å². The van der Waals surface area contributed by atoms with Crippen LogP contribution in [-0.2, 0) is 4.74 Å². The molecule has 1 saturated carbocycles. The van der Waals surface area contributed by atoms with Gasteiger partial charge in [0.15, 0.2) is 11.6 Å². The fraction of sp³-hybridized carbons (Fsp3) is 0.632. The molecular weight excluding hydrogens is 323 g/mol. The second kappa shape index (κ2) is 7.20. The number of ether oxygens (including phenoxy) is 2. The molecule has 0 radical (unpaired) electrons. The Hall–Kier alpha value is -1.82. The van der Waals surface area contributed by atoms with Gasteiger partial charge in [0.25, 0.3) is 0 Å². The molecule has 2 fully saturated rings. The van der Waals surface area contributed by atoms with Crippen LogP contribution in [0.4, 0.5) is 9.18 Å². The van der Waals surface area contributed by atoms with E-state index < -0.39 is 0 Å². The van der Waals surface area contributed by atoms with E-state index in [4.69, 9.17) is 9.47 Å². The van der Waals surface area contributed by atoms with Gasteiger partial charge in [0.1, 0.15) is 0 Å². The maximum absolute atomic E-state index is 13.9. The third-order valence-corrected chi connectivity index (χ3v) is 5.49. The van der Waals surface area contributed by atoms with Gasteiger partial charge in [-0.05, 0) is 38.2 Å². The van der Waals surface area contributed by atoms with Crippen molar-refractivity contribution >= 4 is 6.03 Å². The van der Waals surface area contributed by atoms with E-state index in [-0.39, 0.29) is 29.7 Å². The number of halogens is 1. The minimum Gasteiger partial charge on any atom is -0.490 e. The minimum atomic E-state index is -0.370. The molecule has 1 atom stereocenters. The quantitative estimate of drug-likeness (QED) is 0.911. The number of hydrogen-bond donors (Lipinski definition) is 1. The van der Waals surface area contributed by atoms with Crippen LogP contribution in [0, 0.1) is 5.82 Å². The van der Waals surface area contributed by atoms with Gasteiger partial charge in [-0.25, -0.2) is 9.18 Å². The lowest BCUT2D eigenvalue weighted by Crippen LogP contribution is -2.48. The molecule has 136 valence electrons. The van der Waals surface area contributed by atoms with Crippen LogP contribution in [0.3, 0.4) is 0 Å². The van der Waals surface area contributed by atoms with E-state index in [9.17, 15) is 9.18 Å². The highest BCUT2D eigenvalue weighted by atomic mass is 19.1. The fourth-order valence-corrected chi connectivity index (χ4v) is 3.75. The number of amides is 2. The molecule has 1 aromatic rings. The van der Waals surface area contributed by atoms with Crippen molar-refractivity contribution in [1.29, 1.82) is 0 Å². The highest BCUT2D eigenvalue weighted by Crippen LogP contribution is 2.34. The molecule has 0 bridgehead atoms. The number of para-hydroxylation sites is 1. The summed E-state index contributed by atoms with van der Waals surface area (Å²) in [5, 5.41) is 3.05. The van der Waals surface area contributed by atoms with Gasteiger partial charge in [-0.3, -0.25) is 0 Å². The number of benzene rings is 1. The molecule has 2 amide bonds. The number of nitrogens with one attached hydrogen (secondary N) is 1. The Morgan fingerprint density at radius 2 is 1.92 bits per heavy atom. The van der Waals surface area contributed by atoms with E-state index >= 15 is 0 Å². The summed E-state index contributed by atoms with van der Waals surface area (Å²) in [7, 11) is 0. The zero-order valence-corrected chi connectivity index (χ0v) is 14.4. The summed E-state index contributed by atoms with van der Waals surface area (Å²) in [6.45, 7) is 1.83. The summed E-state index contributed by atoms with van der Waals surface area (Å²) in [6.07, 6.45) is 6.81. The molecular formula is C19H25FN2O3. The summed E-state index contributed by atoms with van der Waals surface area (Å²) in [5.41, 5.74) is 0.725. The molecule has 1 aliphatic carbocycles. The SMILES string of the molecule is O=C(N[C@H]1CCOc2c(F)cccc21)N1CCC(OC2CCC2)CC1. The summed E-state index contributed by atoms with van der Waals surface area (Å²) in [6, 6.07) is 4.59. The Morgan fingerprint density at radius 3 is 2.64 bits per heavy atom. The van der Waals surface area contributed by atoms with Crippen LogP contribution in [0.2, 0.25) is 0 Å². The van der Waals surface area contributed by atoms with E-state index in [1.165, 1.54) is 25.3 Å². The summed E-state index contributed by atoms with van der Waals surface area (Å²) in [4.78, 5) is 14.4. The highest BCUT2D eigenvalue weighted by Gasteiger charge is 2.30. The first-order valence-electron chi connectivity index (χ1n) is 9.33. The Bertz CT molecular complexity index is 627. The van der Waals surface area contributed by atoms with Crippen molar-refractivity contribution < 1.29 is 18.7 Å². The molecule has 6 heteroatoms. The van der Waals surface area contributed by atoms with E-state index in [1.54, 1.807) is 6.07 Å². The number of piperidine rings is 1. The lowest BCUT2D eigenvalue weighted by Gasteiger charge is -2.37. The zero-order valence-electron chi connectivity index (χ0n) is 14.4. The Kier molecular flexibility index (Phi) is 4.79. The summed E-state index contributed by atoms with van der Waals surface area (Å²) >= 11 is 0. The topological polar surface area (TPSA) is 50.8 Å². The Balaban J connectivity index is 1.32. The second-order valence-electron chi connectivity index (χ2n) is 7.17. The number of fused-ring (bicyclic) bond motifs is 1. The van der Waals surface area contributed by atoms with Crippen molar-refractivity contribution in [3.8, 4) is 5.75 Å². The lowest BCUT2D eigenvalue weighted by atomic mass is 9.95. The third-order valence-electron chi connectivity index (χ3n) is 5.49. The number of carbonyl (C=O) groups excluding carboxylic acids is 1. The highest BCUT2D eigenvalue weighted by molar-refractivity contribution is 5.75. The lowest BCUT2D eigenvalue weighted by molar-refractivity contribution is -0.0698. The van der Waals surface area contributed by atoms with Crippen LogP contribution < -0.4 is 10.1 Å². The molecule has 0 unspecified atom stereocenters. The fourth-order valence-electron chi connectivity index (χ4n) is 3.75. The third kappa shape index (κ3) is 3.59. The summed E-state index contributed by atoms with van der Waals surface area (Å²) < 4.78 is 25.3. The molecule has 5 nitrogen and oxygen atoms in total. The average molecular weight is 348 g/mol. The largest absolute Gasteiger partial charge is 0.490 e. The van der Waals surface area contributed by atoms with Gasteiger partial charge in [-0.15, -0.1) is 0 Å². The van der Waals surface area contributed by atoms with E-state index in [0.717, 1.165) is 18.4 Å². The zero-order chi connectivity index (χ0) is 17.2. The van der Waals surface area contributed by atoms with Gasteiger partial charge in [0, 0.05) is 25.1 Å². The van der Waals surface area contributed by atoms with Gasteiger partial charge in [0.05, 0.1) is 24.9 Å².